The SMILES string of the molecule is C#CCO.COC(=O)c1ccc(N)cc1O.COC(=O)c1ccc(NCc2ccc(Br)cc2)cc1O.COC(=O)c1ccc(NCc2ccc(C#CCO)cc2)cc1O.O=C(O)c1ccc(NCc2ccc(C#CCO)cc2)cc1O.O=Cc1ccc(Br)cc1. The lowest BCUT2D eigenvalue weighted by Crippen LogP contribution is -2.03. The predicted molar refractivity (Wildman–Crippen MR) is 350 cm³/mol. The van der Waals surface area contributed by atoms with Crippen LogP contribution in [0.15, 0.2) is 179 Å². The van der Waals surface area contributed by atoms with Gasteiger partial charge in [0.25, 0.3) is 0 Å². The molecule has 0 aromatic heterocycles. The monoisotopic (exact) mass is 1350 g/mol. The minimum Gasteiger partial charge on any atom is -0.507 e. The third-order valence-corrected chi connectivity index (χ3v) is 12.6. The standard InChI is InChI=1S/C18H17NO4.C17H15NO4.C15H14BrNO3.C8H9NO3.C7H5BrO.C3H4O/c1-23-18(22)16-9-8-15(11-17(16)21)19-12-14-6-4-13(5-7-14)3-2-10-20;19-9-1-2-12-3-5-13(6-4-12)11-18-14-7-8-15(17(21)22)16(20)10-14;1-20-15(19)13-7-6-12(8-14(13)18)17-9-10-2-4-11(16)5-3-10;1-12-8(11)6-3-2-5(9)4-7(6)10;8-7-3-1-6(5-9)2-4-7;1-2-3-4/h4-9,11,19-21H,10,12H2,1H3;3-8,10,18-20H,9,11H2,(H,21,22);2-8,17-18H,9H2,1H3;2-4,10H,9H2,1H3;1-5H;1,4H,3H2. The molecule has 8 aromatic rings. The number of aromatic hydroxyl groups is 4. The molecule has 0 bridgehead atoms. The van der Waals surface area contributed by atoms with E-state index in [9.17, 15) is 44.4 Å². The van der Waals surface area contributed by atoms with Crippen LogP contribution in [0.1, 0.15) is 79.6 Å². The number of aldehydes is 1. The molecule has 0 atom stereocenters. The highest BCUT2D eigenvalue weighted by Gasteiger charge is 2.14. The molecule has 0 saturated heterocycles. The number of phenols is 4. The van der Waals surface area contributed by atoms with Gasteiger partial charge in [-0.15, -0.1) is 6.42 Å². The van der Waals surface area contributed by atoms with Crippen molar-refractivity contribution < 1.29 is 79.0 Å². The summed E-state index contributed by atoms with van der Waals surface area (Å²) in [5, 5.41) is 81.6. The van der Waals surface area contributed by atoms with Crippen molar-refractivity contribution in [3.63, 3.8) is 0 Å². The van der Waals surface area contributed by atoms with Gasteiger partial charge in [-0.25, -0.2) is 19.2 Å². The minimum atomic E-state index is -1.16. The Morgan fingerprint density at radius 3 is 1.08 bits per heavy atom. The second-order valence-corrected chi connectivity index (χ2v) is 19.6. The zero-order valence-electron chi connectivity index (χ0n) is 48.7. The molecule has 8 rings (SSSR count). The van der Waals surface area contributed by atoms with Gasteiger partial charge >= 0.3 is 23.9 Å². The van der Waals surface area contributed by atoms with E-state index in [0.29, 0.717) is 42.3 Å². The van der Waals surface area contributed by atoms with Gasteiger partial charge in [0.05, 0.1) is 21.3 Å². The number of carbonyl (C=O) groups is 5. The Bertz CT molecular complexity index is 3800. The van der Waals surface area contributed by atoms with Crippen molar-refractivity contribution >= 4 is 84.8 Å². The van der Waals surface area contributed by atoms with E-state index in [4.69, 9.17) is 26.2 Å². The maximum Gasteiger partial charge on any atom is 0.341 e. The smallest absolute Gasteiger partial charge is 0.341 e. The van der Waals surface area contributed by atoms with Gasteiger partial charge in [-0.05, 0) is 114 Å². The Kier molecular flexibility index (Phi) is 33.1. The Hall–Kier alpha value is -10.8. The molecular weight excluding hydrogens is 1290 g/mol. The number of nitrogens with two attached hydrogens (primary N) is 1. The fraction of sp³-hybridized carbons (Fsp3) is 0.132. The van der Waals surface area contributed by atoms with E-state index >= 15 is 0 Å². The maximum atomic E-state index is 11.4. The van der Waals surface area contributed by atoms with Gasteiger partial charge in [-0.3, -0.25) is 4.79 Å². The van der Waals surface area contributed by atoms with Crippen LogP contribution in [0, 0.1) is 36.0 Å². The summed E-state index contributed by atoms with van der Waals surface area (Å²) in [6.45, 7) is 1.24. The van der Waals surface area contributed by atoms with Crippen molar-refractivity contribution in [1.82, 2.24) is 0 Å². The largest absolute Gasteiger partial charge is 0.507 e. The highest BCUT2D eigenvalue weighted by atomic mass is 79.9. The van der Waals surface area contributed by atoms with Crippen LogP contribution < -0.4 is 21.7 Å². The molecule has 0 aliphatic rings. The van der Waals surface area contributed by atoms with Crippen molar-refractivity contribution in [3.8, 4) is 59.0 Å². The number of hydrogen-bond acceptors (Lipinski definition) is 19. The summed E-state index contributed by atoms with van der Waals surface area (Å²) >= 11 is 6.64. The molecule has 22 heteroatoms. The number of ether oxygens (including phenoxy) is 3. The summed E-state index contributed by atoms with van der Waals surface area (Å²) in [5.74, 6) is 9.26. The molecule has 20 nitrogen and oxygen atoms in total. The summed E-state index contributed by atoms with van der Waals surface area (Å²) < 4.78 is 15.6. The number of methoxy groups -OCH3 is 3. The average molecular weight is 1350 g/mol. The number of halogens is 2. The average Bonchev–Trinajstić information content (AvgIpc) is 1.61. The second kappa shape index (κ2) is 40.6. The number of terminal acetylenes is 1. The van der Waals surface area contributed by atoms with E-state index in [2.05, 4.69) is 92.1 Å². The number of aromatic carboxylic acids is 1. The Labute approximate surface area is 536 Å². The topological polar surface area (TPSA) is 337 Å². The van der Waals surface area contributed by atoms with Crippen LogP contribution in [-0.2, 0) is 33.8 Å². The lowest BCUT2D eigenvalue weighted by atomic mass is 10.1. The van der Waals surface area contributed by atoms with Crippen molar-refractivity contribution in [3.05, 3.63) is 234 Å². The van der Waals surface area contributed by atoms with E-state index in [1.165, 1.54) is 75.9 Å². The molecule has 0 saturated carbocycles. The number of nitrogens with one attached hydrogen (secondary N) is 3. The van der Waals surface area contributed by atoms with Gasteiger partial charge < -0.3 is 76.7 Å². The second-order valence-electron chi connectivity index (χ2n) is 17.8. The number of phenolic OH excluding ortho intramolecular Hbond substituents is 3. The molecule has 466 valence electrons. The molecular formula is C68H64Br2N4O16. The molecule has 90 heavy (non-hydrogen) atoms. The van der Waals surface area contributed by atoms with Gasteiger partial charge in [0.15, 0.2) is 0 Å². The third kappa shape index (κ3) is 26.9. The van der Waals surface area contributed by atoms with Gasteiger partial charge in [-0.2, -0.15) is 0 Å². The highest BCUT2D eigenvalue weighted by molar-refractivity contribution is 9.10. The number of benzene rings is 8. The number of nitrogen functional groups attached to an aromatic ring is 1. The van der Waals surface area contributed by atoms with Crippen LogP contribution in [0.5, 0.6) is 23.0 Å². The van der Waals surface area contributed by atoms with Gasteiger partial charge in [0.1, 0.15) is 71.4 Å². The molecule has 0 amide bonds. The molecule has 0 aliphatic heterocycles. The normalized spacial score (nSPS) is 9.46. The van der Waals surface area contributed by atoms with Crippen LogP contribution >= 0.6 is 31.9 Å². The van der Waals surface area contributed by atoms with Crippen LogP contribution in [0.3, 0.4) is 0 Å². The van der Waals surface area contributed by atoms with E-state index in [-0.39, 0.29) is 65.1 Å². The quantitative estimate of drug-likeness (QED) is 0.0158. The first-order valence-electron chi connectivity index (χ1n) is 26.4. The zero-order chi connectivity index (χ0) is 66.4. The van der Waals surface area contributed by atoms with Gasteiger partial charge in [-0.1, -0.05) is 110 Å². The number of hydrogen-bond donors (Lipinski definition) is 12. The summed E-state index contributed by atoms with van der Waals surface area (Å²) in [6.07, 6.45) is 5.35. The fourth-order valence-corrected chi connectivity index (χ4v) is 7.48. The van der Waals surface area contributed by atoms with Gasteiger partial charge in [0, 0.05) is 92.3 Å². The van der Waals surface area contributed by atoms with Crippen LogP contribution in [0.25, 0.3) is 0 Å². The predicted octanol–water partition coefficient (Wildman–Crippen LogP) is 10.4. The molecule has 13 N–H and O–H groups in total. The van der Waals surface area contributed by atoms with E-state index in [1.807, 2.05) is 90.8 Å². The number of carboxylic acid groups (broad SMARTS) is 1. The van der Waals surface area contributed by atoms with Crippen LogP contribution in [-0.4, -0.2) is 112 Å². The highest BCUT2D eigenvalue weighted by Crippen LogP contribution is 2.26. The number of anilines is 4. The minimum absolute atomic E-state index is 0.0994. The summed E-state index contributed by atoms with van der Waals surface area (Å²) in [6, 6.07) is 48.3. The Balaban J connectivity index is 0.000000298. The number of aliphatic hydroxyl groups excluding tert-OH is 3. The maximum absolute atomic E-state index is 11.4. The number of carbonyl (C=O) groups excluding carboxylic acids is 4. The number of rotatable bonds is 14. The molecule has 0 fully saturated rings. The zero-order valence-corrected chi connectivity index (χ0v) is 51.9. The fourth-order valence-electron chi connectivity index (χ4n) is 6.95. The van der Waals surface area contributed by atoms with Crippen molar-refractivity contribution in [1.29, 1.82) is 0 Å². The van der Waals surface area contributed by atoms with E-state index < -0.39 is 23.9 Å². The van der Waals surface area contributed by atoms with Crippen LogP contribution in [0.2, 0.25) is 0 Å². The first-order chi connectivity index (χ1) is 43.2. The first kappa shape index (κ1) is 73.5. The molecule has 0 unspecified atom stereocenters. The van der Waals surface area contributed by atoms with Crippen molar-refractivity contribution in [2.45, 2.75) is 19.6 Å². The summed E-state index contributed by atoms with van der Waals surface area (Å²) in [7, 11) is 3.79. The molecule has 0 heterocycles. The first-order valence-corrected chi connectivity index (χ1v) is 28.0. The summed E-state index contributed by atoms with van der Waals surface area (Å²) in [4.78, 5) is 54.6. The lowest BCUT2D eigenvalue weighted by Gasteiger charge is -2.09. The summed E-state index contributed by atoms with van der Waals surface area (Å²) in [5.41, 5.74) is 13.6. The Morgan fingerprint density at radius 2 is 0.789 bits per heavy atom. The molecule has 0 radical (unpaired) electrons. The number of carboxylic acids is 1. The van der Waals surface area contributed by atoms with E-state index in [1.54, 1.807) is 30.3 Å². The molecule has 0 spiro atoms. The number of aliphatic hydroxyl groups is 3. The van der Waals surface area contributed by atoms with Crippen molar-refractivity contribution in [2.75, 3.05) is 62.8 Å². The van der Waals surface area contributed by atoms with E-state index in [0.717, 1.165) is 48.7 Å². The number of esters is 3. The lowest BCUT2D eigenvalue weighted by molar-refractivity contribution is 0.0588. The molecule has 8 aromatic carbocycles. The van der Waals surface area contributed by atoms with Crippen LogP contribution in [0.4, 0.5) is 22.7 Å². The Morgan fingerprint density at radius 1 is 0.478 bits per heavy atom. The molecule has 0 aliphatic carbocycles. The van der Waals surface area contributed by atoms with Gasteiger partial charge in [0.2, 0.25) is 0 Å². The third-order valence-electron chi connectivity index (χ3n) is 11.5. The van der Waals surface area contributed by atoms with Crippen molar-refractivity contribution in [2.24, 2.45) is 0 Å².